The molecular weight excluding hydrogens is 206 g/mol. The van der Waals surface area contributed by atoms with E-state index in [0.717, 1.165) is 5.69 Å². The summed E-state index contributed by atoms with van der Waals surface area (Å²) >= 11 is 0. The minimum absolute atomic E-state index is 1.04. The van der Waals surface area contributed by atoms with Crippen molar-refractivity contribution in [2.24, 2.45) is 0 Å². The van der Waals surface area contributed by atoms with Crippen LogP contribution in [0.3, 0.4) is 0 Å². The molecule has 0 N–H and O–H groups in total. The highest BCUT2D eigenvalue weighted by atomic mass is 14.7. The molecule has 0 unspecified atom stereocenters. The molecule has 0 atom stereocenters. The van der Waals surface area contributed by atoms with Crippen LogP contribution in [0.25, 0.3) is 22.0 Å². The Labute approximate surface area is 101 Å². The lowest BCUT2D eigenvalue weighted by Crippen LogP contribution is -1.87. The van der Waals surface area contributed by atoms with Gasteiger partial charge in [0.1, 0.15) is 0 Å². The highest BCUT2D eigenvalue weighted by molar-refractivity contribution is 5.88. The monoisotopic (exact) mass is 219 g/mol. The number of aryl methyl sites for hydroxylation is 1. The van der Waals surface area contributed by atoms with E-state index in [1.165, 1.54) is 21.9 Å². The van der Waals surface area contributed by atoms with E-state index in [4.69, 9.17) is 0 Å². The fourth-order valence-corrected chi connectivity index (χ4v) is 2.15. The Bertz CT molecular complexity index is 657. The van der Waals surface area contributed by atoms with Gasteiger partial charge in [-0.2, -0.15) is 0 Å². The van der Waals surface area contributed by atoms with Crippen molar-refractivity contribution in [1.29, 1.82) is 0 Å². The van der Waals surface area contributed by atoms with E-state index in [1.807, 2.05) is 18.3 Å². The number of pyridine rings is 1. The Morgan fingerprint density at radius 1 is 0.824 bits per heavy atom. The van der Waals surface area contributed by atoms with Gasteiger partial charge in [-0.1, -0.05) is 36.4 Å². The van der Waals surface area contributed by atoms with Crippen molar-refractivity contribution in [1.82, 2.24) is 4.98 Å². The molecule has 0 amide bonds. The lowest BCUT2D eigenvalue weighted by Gasteiger charge is -2.07. The first-order valence-electron chi connectivity index (χ1n) is 5.75. The number of aromatic nitrogens is 1. The zero-order chi connectivity index (χ0) is 11.7. The van der Waals surface area contributed by atoms with Gasteiger partial charge in [0.15, 0.2) is 0 Å². The van der Waals surface area contributed by atoms with Gasteiger partial charge in [0, 0.05) is 11.8 Å². The van der Waals surface area contributed by atoms with Crippen LogP contribution in [0, 0.1) is 6.92 Å². The third-order valence-electron chi connectivity index (χ3n) is 3.03. The van der Waals surface area contributed by atoms with E-state index in [0.29, 0.717) is 0 Å². The number of fused-ring (bicyclic) bond motifs is 1. The van der Waals surface area contributed by atoms with Gasteiger partial charge in [-0.25, -0.2) is 0 Å². The molecule has 0 radical (unpaired) electrons. The van der Waals surface area contributed by atoms with Crippen LogP contribution in [0.5, 0.6) is 0 Å². The van der Waals surface area contributed by atoms with E-state index >= 15 is 0 Å². The normalized spacial score (nSPS) is 10.6. The zero-order valence-corrected chi connectivity index (χ0v) is 9.72. The van der Waals surface area contributed by atoms with Gasteiger partial charge in [0.25, 0.3) is 0 Å². The fourth-order valence-electron chi connectivity index (χ4n) is 2.15. The molecule has 0 saturated carbocycles. The first kappa shape index (κ1) is 10.0. The molecule has 0 spiro atoms. The molecule has 1 nitrogen and oxygen atoms in total. The molecule has 1 aromatic heterocycles. The van der Waals surface area contributed by atoms with E-state index < -0.39 is 0 Å². The van der Waals surface area contributed by atoms with Crippen LogP contribution in [-0.4, -0.2) is 4.98 Å². The van der Waals surface area contributed by atoms with Crippen LogP contribution < -0.4 is 0 Å². The molecule has 0 aliphatic heterocycles. The van der Waals surface area contributed by atoms with Crippen molar-refractivity contribution < 1.29 is 0 Å². The van der Waals surface area contributed by atoms with Gasteiger partial charge in [0.05, 0.1) is 5.69 Å². The Balaban J connectivity index is 2.27. The Morgan fingerprint density at radius 2 is 1.53 bits per heavy atom. The van der Waals surface area contributed by atoms with E-state index in [9.17, 15) is 0 Å². The molecule has 1 heteroatoms. The van der Waals surface area contributed by atoms with Crippen molar-refractivity contribution in [2.45, 2.75) is 6.92 Å². The first-order chi connectivity index (χ1) is 8.34. The molecular formula is C16H13N. The zero-order valence-electron chi connectivity index (χ0n) is 9.72. The average Bonchev–Trinajstić information content (AvgIpc) is 2.39. The van der Waals surface area contributed by atoms with Crippen molar-refractivity contribution in [3.63, 3.8) is 0 Å². The number of hydrogen-bond acceptors (Lipinski definition) is 1. The summed E-state index contributed by atoms with van der Waals surface area (Å²) in [6.07, 6.45) is 1.84. The minimum atomic E-state index is 1.04. The first-order valence-corrected chi connectivity index (χ1v) is 5.75. The number of rotatable bonds is 1. The summed E-state index contributed by atoms with van der Waals surface area (Å²) in [5.74, 6) is 0. The van der Waals surface area contributed by atoms with Crippen molar-refractivity contribution in [2.75, 3.05) is 0 Å². The minimum Gasteiger partial charge on any atom is -0.256 e. The summed E-state index contributed by atoms with van der Waals surface area (Å²) in [5.41, 5.74) is 3.52. The van der Waals surface area contributed by atoms with Gasteiger partial charge in [-0.3, -0.25) is 4.98 Å². The van der Waals surface area contributed by atoms with Crippen LogP contribution >= 0.6 is 0 Å². The van der Waals surface area contributed by atoms with Crippen LogP contribution in [0.1, 0.15) is 5.56 Å². The number of benzene rings is 2. The lowest BCUT2D eigenvalue weighted by molar-refractivity contribution is 1.31. The third kappa shape index (κ3) is 1.80. The summed E-state index contributed by atoms with van der Waals surface area (Å²) < 4.78 is 0. The molecule has 3 aromatic rings. The Hall–Kier alpha value is -2.15. The van der Waals surface area contributed by atoms with Gasteiger partial charge in [0.2, 0.25) is 0 Å². The summed E-state index contributed by atoms with van der Waals surface area (Å²) in [6.45, 7) is 2.14. The largest absolute Gasteiger partial charge is 0.256 e. The topological polar surface area (TPSA) is 12.9 Å². The molecule has 2 aromatic carbocycles. The molecule has 82 valence electrons. The van der Waals surface area contributed by atoms with E-state index in [2.05, 4.69) is 54.4 Å². The highest BCUT2D eigenvalue weighted by Crippen LogP contribution is 2.26. The van der Waals surface area contributed by atoms with Crippen molar-refractivity contribution in [3.8, 4) is 11.3 Å². The Morgan fingerprint density at radius 3 is 2.24 bits per heavy atom. The highest BCUT2D eigenvalue weighted by Gasteiger charge is 2.04. The quantitative estimate of drug-likeness (QED) is 0.597. The van der Waals surface area contributed by atoms with E-state index in [1.54, 1.807) is 0 Å². The number of hydrogen-bond donors (Lipinski definition) is 0. The van der Waals surface area contributed by atoms with E-state index in [-0.39, 0.29) is 0 Å². The van der Waals surface area contributed by atoms with Gasteiger partial charge in [-0.15, -0.1) is 0 Å². The smallest absolute Gasteiger partial charge is 0.0704 e. The summed E-state index contributed by atoms with van der Waals surface area (Å²) in [6, 6.07) is 18.9. The molecule has 3 rings (SSSR count). The predicted octanol–water partition coefficient (Wildman–Crippen LogP) is 4.21. The molecule has 0 aliphatic carbocycles. The van der Waals surface area contributed by atoms with Crippen LogP contribution in [0.15, 0.2) is 60.8 Å². The summed E-state index contributed by atoms with van der Waals surface area (Å²) in [7, 11) is 0. The van der Waals surface area contributed by atoms with Crippen LogP contribution in [-0.2, 0) is 0 Å². The van der Waals surface area contributed by atoms with Crippen molar-refractivity contribution in [3.05, 3.63) is 66.4 Å². The summed E-state index contributed by atoms with van der Waals surface area (Å²) in [5, 5.41) is 2.54. The second-order valence-corrected chi connectivity index (χ2v) is 4.23. The standard InChI is InChI=1S/C16H13N/c1-12-10-13-6-2-3-7-14(13)11-15(12)16-8-4-5-9-17-16/h2-11H,1H3. The molecule has 0 bridgehead atoms. The molecule has 0 saturated heterocycles. The van der Waals surface area contributed by atoms with Crippen LogP contribution in [0.2, 0.25) is 0 Å². The molecule has 0 fully saturated rings. The fraction of sp³-hybridized carbons (Fsp3) is 0.0625. The average molecular weight is 219 g/mol. The second kappa shape index (κ2) is 4.02. The maximum absolute atomic E-state index is 4.42. The Kier molecular flexibility index (Phi) is 2.37. The van der Waals surface area contributed by atoms with Gasteiger partial charge in [-0.05, 0) is 41.5 Å². The summed E-state index contributed by atoms with van der Waals surface area (Å²) in [4.78, 5) is 4.42. The lowest BCUT2D eigenvalue weighted by atomic mass is 9.99. The van der Waals surface area contributed by atoms with Gasteiger partial charge >= 0.3 is 0 Å². The van der Waals surface area contributed by atoms with Crippen molar-refractivity contribution >= 4 is 10.8 Å². The SMILES string of the molecule is Cc1cc2ccccc2cc1-c1ccccn1. The molecule has 1 heterocycles. The third-order valence-corrected chi connectivity index (χ3v) is 3.03. The number of nitrogens with zero attached hydrogens (tertiary/aromatic N) is 1. The van der Waals surface area contributed by atoms with Crippen LogP contribution in [0.4, 0.5) is 0 Å². The maximum atomic E-state index is 4.42. The predicted molar refractivity (Wildman–Crippen MR) is 71.9 cm³/mol. The molecule has 0 aliphatic rings. The maximum Gasteiger partial charge on any atom is 0.0704 e. The molecule has 17 heavy (non-hydrogen) atoms. The second-order valence-electron chi connectivity index (χ2n) is 4.23. The van der Waals surface area contributed by atoms with Gasteiger partial charge < -0.3 is 0 Å².